The SMILES string of the molecule is Cc1csc(C(=O)c2sc(C)cc2Br)c1. The molecule has 0 saturated heterocycles. The number of hydrogen-bond acceptors (Lipinski definition) is 3. The monoisotopic (exact) mass is 300 g/mol. The van der Waals surface area contributed by atoms with Crippen molar-refractivity contribution in [3.05, 3.63) is 42.2 Å². The first-order chi connectivity index (χ1) is 7.08. The number of thiophene rings is 2. The Morgan fingerprint density at radius 2 is 2.07 bits per heavy atom. The number of hydrogen-bond donors (Lipinski definition) is 0. The van der Waals surface area contributed by atoms with Crippen molar-refractivity contribution in [2.75, 3.05) is 0 Å². The summed E-state index contributed by atoms with van der Waals surface area (Å²) in [5, 5.41) is 2.00. The molecule has 0 aliphatic carbocycles. The zero-order valence-corrected chi connectivity index (χ0v) is 11.6. The van der Waals surface area contributed by atoms with E-state index in [1.807, 2.05) is 31.4 Å². The lowest BCUT2D eigenvalue weighted by Crippen LogP contribution is -1.95. The zero-order valence-electron chi connectivity index (χ0n) is 8.33. The van der Waals surface area contributed by atoms with Gasteiger partial charge in [0.2, 0.25) is 5.78 Å². The van der Waals surface area contributed by atoms with Gasteiger partial charge in [-0.05, 0) is 52.9 Å². The van der Waals surface area contributed by atoms with E-state index in [9.17, 15) is 4.79 Å². The van der Waals surface area contributed by atoms with Crippen LogP contribution in [0.2, 0.25) is 0 Å². The molecule has 2 heterocycles. The highest BCUT2D eigenvalue weighted by Crippen LogP contribution is 2.30. The van der Waals surface area contributed by atoms with E-state index in [-0.39, 0.29) is 5.78 Å². The van der Waals surface area contributed by atoms with Gasteiger partial charge in [-0.1, -0.05) is 0 Å². The minimum Gasteiger partial charge on any atom is -0.287 e. The van der Waals surface area contributed by atoms with Crippen LogP contribution >= 0.6 is 38.6 Å². The first kappa shape index (κ1) is 11.0. The van der Waals surface area contributed by atoms with Crippen molar-refractivity contribution in [2.45, 2.75) is 13.8 Å². The number of rotatable bonds is 2. The lowest BCUT2D eigenvalue weighted by atomic mass is 10.2. The van der Waals surface area contributed by atoms with E-state index in [4.69, 9.17) is 0 Å². The van der Waals surface area contributed by atoms with E-state index < -0.39 is 0 Å². The van der Waals surface area contributed by atoms with Crippen LogP contribution in [-0.4, -0.2) is 5.78 Å². The van der Waals surface area contributed by atoms with Gasteiger partial charge in [-0.2, -0.15) is 0 Å². The summed E-state index contributed by atoms with van der Waals surface area (Å²) in [5.74, 6) is 0.123. The second kappa shape index (κ2) is 4.20. The fourth-order valence-electron chi connectivity index (χ4n) is 1.30. The second-order valence-electron chi connectivity index (χ2n) is 3.35. The molecule has 0 aliphatic rings. The highest BCUT2D eigenvalue weighted by atomic mass is 79.9. The third-order valence-corrected chi connectivity index (χ3v) is 4.95. The quantitative estimate of drug-likeness (QED) is 0.750. The lowest BCUT2D eigenvalue weighted by Gasteiger charge is -1.93. The molecule has 0 saturated carbocycles. The summed E-state index contributed by atoms with van der Waals surface area (Å²) in [6.07, 6.45) is 0. The van der Waals surface area contributed by atoms with Gasteiger partial charge in [-0.25, -0.2) is 0 Å². The maximum atomic E-state index is 12.1. The van der Waals surface area contributed by atoms with E-state index in [1.165, 1.54) is 22.7 Å². The molecule has 2 aromatic rings. The fraction of sp³-hybridized carbons (Fsp3) is 0.182. The number of ketones is 1. The largest absolute Gasteiger partial charge is 0.287 e. The second-order valence-corrected chi connectivity index (χ2v) is 6.37. The molecule has 15 heavy (non-hydrogen) atoms. The molecule has 78 valence electrons. The number of carbonyl (C=O) groups excluding carboxylic acids is 1. The summed E-state index contributed by atoms with van der Waals surface area (Å²) in [5.41, 5.74) is 1.15. The van der Waals surface area contributed by atoms with E-state index in [0.717, 1.165) is 24.7 Å². The van der Waals surface area contributed by atoms with Crippen LogP contribution in [-0.2, 0) is 0 Å². The highest BCUT2D eigenvalue weighted by molar-refractivity contribution is 9.10. The highest BCUT2D eigenvalue weighted by Gasteiger charge is 2.16. The van der Waals surface area contributed by atoms with Gasteiger partial charge in [0.1, 0.15) is 0 Å². The van der Waals surface area contributed by atoms with Crippen molar-refractivity contribution in [3.63, 3.8) is 0 Å². The minimum atomic E-state index is 0.123. The summed E-state index contributed by atoms with van der Waals surface area (Å²) in [7, 11) is 0. The summed E-state index contributed by atoms with van der Waals surface area (Å²) in [6, 6.07) is 3.92. The molecule has 0 atom stereocenters. The Kier molecular flexibility index (Phi) is 3.09. The van der Waals surface area contributed by atoms with Crippen LogP contribution in [0.4, 0.5) is 0 Å². The summed E-state index contributed by atoms with van der Waals surface area (Å²) in [4.78, 5) is 14.9. The van der Waals surface area contributed by atoms with Crippen molar-refractivity contribution in [1.82, 2.24) is 0 Å². The molecule has 0 amide bonds. The van der Waals surface area contributed by atoms with Gasteiger partial charge in [0, 0.05) is 9.35 Å². The van der Waals surface area contributed by atoms with Crippen LogP contribution < -0.4 is 0 Å². The minimum absolute atomic E-state index is 0.123. The van der Waals surface area contributed by atoms with Crippen LogP contribution in [0.25, 0.3) is 0 Å². The zero-order chi connectivity index (χ0) is 11.0. The molecule has 0 spiro atoms. The van der Waals surface area contributed by atoms with Gasteiger partial charge < -0.3 is 0 Å². The molecular formula is C11H9BrOS2. The average Bonchev–Trinajstić information content (AvgIpc) is 2.71. The van der Waals surface area contributed by atoms with Crippen LogP contribution in [0, 0.1) is 13.8 Å². The Balaban J connectivity index is 2.40. The molecule has 0 N–H and O–H groups in total. The van der Waals surface area contributed by atoms with Crippen LogP contribution in [0.3, 0.4) is 0 Å². The smallest absolute Gasteiger partial charge is 0.214 e. The Hall–Kier alpha value is -0.450. The molecule has 0 unspecified atom stereocenters. The Bertz CT molecular complexity index is 510. The topological polar surface area (TPSA) is 17.1 Å². The van der Waals surface area contributed by atoms with Crippen LogP contribution in [0.1, 0.15) is 25.0 Å². The van der Waals surface area contributed by atoms with Crippen molar-refractivity contribution < 1.29 is 4.79 Å². The van der Waals surface area contributed by atoms with Crippen molar-refractivity contribution in [3.8, 4) is 0 Å². The average molecular weight is 301 g/mol. The van der Waals surface area contributed by atoms with Gasteiger partial charge >= 0.3 is 0 Å². The van der Waals surface area contributed by atoms with Crippen LogP contribution in [0.15, 0.2) is 22.0 Å². The molecular weight excluding hydrogens is 292 g/mol. The Morgan fingerprint density at radius 1 is 1.33 bits per heavy atom. The molecule has 4 heteroatoms. The van der Waals surface area contributed by atoms with Gasteiger partial charge in [-0.15, -0.1) is 22.7 Å². The van der Waals surface area contributed by atoms with Gasteiger partial charge in [-0.3, -0.25) is 4.79 Å². The standard InChI is InChI=1S/C11H9BrOS2/c1-6-3-9(14-5-6)10(13)11-8(12)4-7(2)15-11/h3-5H,1-2H3. The summed E-state index contributed by atoms with van der Waals surface area (Å²) >= 11 is 6.46. The molecule has 2 rings (SSSR count). The summed E-state index contributed by atoms with van der Waals surface area (Å²) < 4.78 is 0.904. The first-order valence-electron chi connectivity index (χ1n) is 4.43. The molecule has 0 fully saturated rings. The van der Waals surface area contributed by atoms with Gasteiger partial charge in [0.25, 0.3) is 0 Å². The Labute approximate surface area is 105 Å². The lowest BCUT2D eigenvalue weighted by molar-refractivity contribution is 0.104. The van der Waals surface area contributed by atoms with Gasteiger partial charge in [0.15, 0.2) is 0 Å². The first-order valence-corrected chi connectivity index (χ1v) is 6.92. The van der Waals surface area contributed by atoms with E-state index >= 15 is 0 Å². The van der Waals surface area contributed by atoms with Crippen molar-refractivity contribution >= 4 is 44.4 Å². The Morgan fingerprint density at radius 3 is 2.53 bits per heavy atom. The molecule has 0 bridgehead atoms. The van der Waals surface area contributed by atoms with E-state index in [2.05, 4.69) is 15.9 Å². The fourth-order valence-corrected chi connectivity index (χ4v) is 3.98. The molecule has 0 aromatic carbocycles. The third-order valence-electron chi connectivity index (χ3n) is 1.97. The number of halogens is 1. The maximum absolute atomic E-state index is 12.1. The van der Waals surface area contributed by atoms with Crippen molar-refractivity contribution in [2.24, 2.45) is 0 Å². The third kappa shape index (κ3) is 2.22. The summed E-state index contributed by atoms with van der Waals surface area (Å²) in [6.45, 7) is 4.01. The van der Waals surface area contributed by atoms with Gasteiger partial charge in [0.05, 0.1) is 9.75 Å². The molecule has 0 radical (unpaired) electrons. The normalized spacial score (nSPS) is 10.6. The molecule has 2 aromatic heterocycles. The van der Waals surface area contributed by atoms with Crippen molar-refractivity contribution in [1.29, 1.82) is 0 Å². The number of carbonyl (C=O) groups is 1. The van der Waals surface area contributed by atoms with E-state index in [0.29, 0.717) is 0 Å². The predicted molar refractivity (Wildman–Crippen MR) is 69.2 cm³/mol. The van der Waals surface area contributed by atoms with Crippen LogP contribution in [0.5, 0.6) is 0 Å². The predicted octanol–water partition coefficient (Wildman–Crippen LogP) is 4.42. The molecule has 0 aliphatic heterocycles. The number of aryl methyl sites for hydroxylation is 2. The molecule has 1 nitrogen and oxygen atoms in total. The maximum Gasteiger partial charge on any atom is 0.214 e. The van der Waals surface area contributed by atoms with E-state index in [1.54, 1.807) is 0 Å².